The molecule has 5 nitrogen and oxygen atoms in total. The molecule has 3 aromatic carbocycles. The van der Waals surface area contributed by atoms with Gasteiger partial charge in [0, 0.05) is 11.6 Å². The van der Waals surface area contributed by atoms with Crippen molar-refractivity contribution in [2.24, 2.45) is 0 Å². The van der Waals surface area contributed by atoms with Crippen molar-refractivity contribution in [3.63, 3.8) is 0 Å². The van der Waals surface area contributed by atoms with E-state index in [1.165, 1.54) is 0 Å². The highest BCUT2D eigenvalue weighted by molar-refractivity contribution is 7.44. The van der Waals surface area contributed by atoms with E-state index in [1.807, 2.05) is 67.6 Å². The zero-order valence-corrected chi connectivity index (χ0v) is 18.3. The lowest BCUT2D eigenvalue weighted by Gasteiger charge is -2.40. The summed E-state index contributed by atoms with van der Waals surface area (Å²) in [7, 11) is -4.99. The highest BCUT2D eigenvalue weighted by Gasteiger charge is 2.58. The molecule has 0 amide bonds. The second kappa shape index (κ2) is 7.45. The molecule has 0 spiro atoms. The van der Waals surface area contributed by atoms with Crippen LogP contribution >= 0.6 is 7.82 Å². The zero-order chi connectivity index (χ0) is 21.6. The maximum absolute atomic E-state index is 11.9. The molecule has 0 aliphatic carbocycles. The third-order valence-corrected chi connectivity index (χ3v) is 6.69. The van der Waals surface area contributed by atoms with Gasteiger partial charge in [0.1, 0.15) is 6.54 Å². The summed E-state index contributed by atoms with van der Waals surface area (Å²) in [6.45, 7) is 6.37. The molecule has 3 aromatic rings. The van der Waals surface area contributed by atoms with Crippen molar-refractivity contribution in [1.82, 2.24) is 4.65 Å². The van der Waals surface area contributed by atoms with Crippen molar-refractivity contribution in [2.45, 2.75) is 32.2 Å². The molecule has 6 heteroatoms. The van der Waals surface area contributed by atoms with E-state index < -0.39 is 13.2 Å². The number of likely N-dealkylation sites (N-methyl/N-ethyl adjacent to an activating group) is 1. The van der Waals surface area contributed by atoms with E-state index in [9.17, 15) is 14.4 Å². The standard InChI is InChI=1S/C24H26NO4P/c1-4-25(29-30(26,27)28)22-15-8-7-14-21(22)24(2,3)23(25)17-16-19-12-9-11-18-10-5-6-13-20(18)19/h5-17,23H,4H2,1-3H3,(H-,26,27,28). The highest BCUT2D eigenvalue weighted by atomic mass is 31.2. The van der Waals surface area contributed by atoms with Crippen molar-refractivity contribution >= 4 is 30.4 Å². The summed E-state index contributed by atoms with van der Waals surface area (Å²) in [4.78, 5) is 21.5. The lowest BCUT2D eigenvalue weighted by atomic mass is 9.80. The van der Waals surface area contributed by atoms with Crippen LogP contribution in [0, 0.1) is 0 Å². The summed E-state index contributed by atoms with van der Waals surface area (Å²) in [6, 6.07) is 21.6. The molecular weight excluding hydrogens is 397 g/mol. The SMILES string of the molecule is CC[N+]1(OP(=O)([O-])O)c2ccccc2C(C)(C)C1C=Cc1cccc2ccccc12. The molecule has 0 radical (unpaired) electrons. The van der Waals surface area contributed by atoms with Crippen LogP contribution in [0.5, 0.6) is 0 Å². The summed E-state index contributed by atoms with van der Waals surface area (Å²) in [5.74, 6) is 0. The van der Waals surface area contributed by atoms with Crippen LogP contribution in [-0.4, -0.2) is 17.5 Å². The molecule has 156 valence electrons. The molecule has 1 heterocycles. The molecule has 1 N–H and O–H groups in total. The van der Waals surface area contributed by atoms with E-state index in [1.54, 1.807) is 0 Å². The maximum atomic E-state index is 11.9. The van der Waals surface area contributed by atoms with Gasteiger partial charge in [0.15, 0.2) is 11.7 Å². The van der Waals surface area contributed by atoms with Gasteiger partial charge in [0.2, 0.25) is 0 Å². The molecule has 0 saturated heterocycles. The molecule has 3 unspecified atom stereocenters. The molecule has 4 rings (SSSR count). The quantitative estimate of drug-likeness (QED) is 0.467. The molecule has 0 bridgehead atoms. The Bertz CT molecular complexity index is 1160. The highest BCUT2D eigenvalue weighted by Crippen LogP contribution is 2.54. The van der Waals surface area contributed by atoms with Crippen LogP contribution in [0.4, 0.5) is 5.69 Å². The second-order valence-electron chi connectivity index (χ2n) is 8.27. The van der Waals surface area contributed by atoms with Crippen LogP contribution in [0.25, 0.3) is 16.8 Å². The van der Waals surface area contributed by atoms with Gasteiger partial charge in [-0.05, 0) is 43.2 Å². The molecule has 3 atom stereocenters. The fourth-order valence-corrected chi connectivity index (χ4v) is 5.53. The number of para-hydroxylation sites is 1. The molecule has 0 saturated carbocycles. The average Bonchev–Trinajstić information content (AvgIpc) is 2.89. The topological polar surface area (TPSA) is 69.6 Å². The van der Waals surface area contributed by atoms with E-state index >= 15 is 0 Å². The van der Waals surface area contributed by atoms with Crippen LogP contribution in [-0.2, 0) is 14.6 Å². The maximum Gasteiger partial charge on any atom is 0.323 e. The van der Waals surface area contributed by atoms with Gasteiger partial charge < -0.3 is 9.79 Å². The lowest BCUT2D eigenvalue weighted by molar-refractivity contribution is -0.250. The minimum absolute atomic E-state index is 0.304. The van der Waals surface area contributed by atoms with E-state index in [-0.39, 0.29) is 10.7 Å². The van der Waals surface area contributed by atoms with Crippen LogP contribution in [0.3, 0.4) is 0 Å². The summed E-state index contributed by atoms with van der Waals surface area (Å²) >= 11 is 0. The largest absolute Gasteiger partial charge is 0.752 e. The Morgan fingerprint density at radius 1 is 1.10 bits per heavy atom. The molecular formula is C24H26NO4P. The van der Waals surface area contributed by atoms with Crippen molar-refractivity contribution in [3.05, 3.63) is 83.9 Å². The van der Waals surface area contributed by atoms with E-state index in [0.717, 1.165) is 27.6 Å². The smallest absolute Gasteiger partial charge is 0.323 e. The molecule has 1 aliphatic heterocycles. The number of hydroxylamine groups is 2. The number of hydrogen-bond acceptors (Lipinski definition) is 3. The fourth-order valence-electron chi connectivity index (χ4n) is 4.85. The Labute approximate surface area is 177 Å². The predicted octanol–water partition coefficient (Wildman–Crippen LogP) is 4.93. The summed E-state index contributed by atoms with van der Waals surface area (Å²) in [5, 5.41) is 2.26. The van der Waals surface area contributed by atoms with E-state index in [4.69, 9.17) is 4.62 Å². The van der Waals surface area contributed by atoms with Gasteiger partial charge in [0.05, 0.1) is 5.41 Å². The van der Waals surface area contributed by atoms with Gasteiger partial charge in [-0.25, -0.2) is 0 Å². The lowest BCUT2D eigenvalue weighted by Crippen LogP contribution is -2.57. The minimum Gasteiger partial charge on any atom is -0.752 e. The summed E-state index contributed by atoms with van der Waals surface area (Å²) < 4.78 is 17.0. The Morgan fingerprint density at radius 3 is 2.50 bits per heavy atom. The normalized spacial score (nSPS) is 24.8. The Morgan fingerprint density at radius 2 is 1.77 bits per heavy atom. The van der Waals surface area contributed by atoms with Gasteiger partial charge >= 0.3 is 7.82 Å². The van der Waals surface area contributed by atoms with Crippen LogP contribution in [0.1, 0.15) is 31.9 Å². The van der Waals surface area contributed by atoms with Crippen LogP contribution in [0.15, 0.2) is 72.8 Å². The molecule has 0 aromatic heterocycles. The third kappa shape index (κ3) is 3.43. The number of nitrogens with zero attached hydrogens (tertiary/aromatic N) is 1. The Kier molecular flexibility index (Phi) is 5.21. The first kappa shape index (κ1) is 21.0. The van der Waals surface area contributed by atoms with Gasteiger partial charge in [0.25, 0.3) is 0 Å². The van der Waals surface area contributed by atoms with Crippen LogP contribution in [0.2, 0.25) is 0 Å². The zero-order valence-electron chi connectivity index (χ0n) is 17.4. The average molecular weight is 423 g/mol. The number of phosphoric acid groups is 1. The third-order valence-electron chi connectivity index (χ3n) is 6.19. The van der Waals surface area contributed by atoms with Crippen LogP contribution < -0.4 is 9.54 Å². The molecule has 0 fully saturated rings. The summed E-state index contributed by atoms with van der Waals surface area (Å²) in [6.07, 6.45) is 4.04. The summed E-state index contributed by atoms with van der Waals surface area (Å²) in [5.41, 5.74) is 2.39. The predicted molar refractivity (Wildman–Crippen MR) is 119 cm³/mol. The number of rotatable bonds is 5. The fraction of sp³-hybridized carbons (Fsp3) is 0.250. The molecule has 1 aliphatic rings. The first-order chi connectivity index (χ1) is 14.2. The molecule has 30 heavy (non-hydrogen) atoms. The van der Waals surface area contributed by atoms with Crippen molar-refractivity contribution in [2.75, 3.05) is 6.54 Å². The first-order valence-electron chi connectivity index (χ1n) is 10.1. The Balaban J connectivity index is 1.88. The number of hydrogen-bond donors (Lipinski definition) is 1. The van der Waals surface area contributed by atoms with Gasteiger partial charge in [-0.3, -0.25) is 4.57 Å². The van der Waals surface area contributed by atoms with Gasteiger partial charge in [-0.2, -0.15) is 0 Å². The van der Waals surface area contributed by atoms with Crippen molar-refractivity contribution in [1.29, 1.82) is 0 Å². The monoisotopic (exact) mass is 423 g/mol. The Hall–Kier alpha value is -2.27. The van der Waals surface area contributed by atoms with E-state index in [0.29, 0.717) is 6.54 Å². The first-order valence-corrected chi connectivity index (χ1v) is 11.6. The second-order valence-corrected chi connectivity index (χ2v) is 9.37. The van der Waals surface area contributed by atoms with E-state index in [2.05, 4.69) is 32.0 Å². The minimum atomic E-state index is -4.99. The number of fused-ring (bicyclic) bond motifs is 2. The number of benzene rings is 3. The van der Waals surface area contributed by atoms with Crippen molar-refractivity contribution in [3.8, 4) is 0 Å². The van der Waals surface area contributed by atoms with Gasteiger partial charge in [-0.15, -0.1) is 9.27 Å². The van der Waals surface area contributed by atoms with Crippen molar-refractivity contribution < 1.29 is 19.0 Å². The number of quaternary nitrogens is 1. The van der Waals surface area contributed by atoms with Gasteiger partial charge in [-0.1, -0.05) is 66.7 Å².